The highest BCUT2D eigenvalue weighted by Gasteiger charge is 2.08. The maximum atomic E-state index is 11.9. The molecule has 2 fully saturated rings. The van der Waals surface area contributed by atoms with Gasteiger partial charge in [-0.15, -0.1) is 0 Å². The van der Waals surface area contributed by atoms with Gasteiger partial charge in [0.15, 0.2) is 5.12 Å². The molecule has 0 aromatic heterocycles. The first kappa shape index (κ1) is 81.8. The van der Waals surface area contributed by atoms with Crippen LogP contribution in [0, 0.1) is 0 Å². The summed E-state index contributed by atoms with van der Waals surface area (Å²) in [6, 6.07) is 40.0. The molecule has 0 N–H and O–H groups in total. The number of aldehydes is 1. The summed E-state index contributed by atoms with van der Waals surface area (Å²) in [7, 11) is 3.98. The van der Waals surface area contributed by atoms with Gasteiger partial charge in [0.05, 0.1) is 0 Å². The number of thioether (sulfide) groups is 8. The molecule has 6 rings (SSSR count). The zero-order valence-electron chi connectivity index (χ0n) is 49.2. The number of carbonyl (C=O) groups excluding carboxylic acids is 4. The van der Waals surface area contributed by atoms with Gasteiger partial charge in [-0.2, -0.15) is 84.1 Å². The van der Waals surface area contributed by atoms with E-state index in [1.807, 2.05) is 129 Å². The van der Waals surface area contributed by atoms with Crippen molar-refractivity contribution in [2.24, 2.45) is 0 Å². The first-order valence-corrected chi connectivity index (χ1v) is 41.5. The molecule has 0 bridgehead atoms. The summed E-state index contributed by atoms with van der Waals surface area (Å²) in [5.74, 6) is 17.5. The summed E-state index contributed by atoms with van der Waals surface area (Å²) in [5, 5.41) is 0.366. The Morgan fingerprint density at radius 2 is 0.887 bits per heavy atom. The van der Waals surface area contributed by atoms with Gasteiger partial charge in [-0.3, -0.25) is 14.4 Å². The molecule has 0 amide bonds. The summed E-state index contributed by atoms with van der Waals surface area (Å²) >= 11 is 22.1. The van der Waals surface area contributed by atoms with Crippen LogP contribution in [-0.2, 0) is 21.1 Å². The van der Waals surface area contributed by atoms with Gasteiger partial charge in [0.2, 0.25) is 10.2 Å². The second kappa shape index (κ2) is 69.5. The van der Waals surface area contributed by atoms with E-state index < -0.39 is 0 Å². The van der Waals surface area contributed by atoms with Crippen molar-refractivity contribution >= 4 is 163 Å². The van der Waals surface area contributed by atoms with Gasteiger partial charge in [-0.25, -0.2) is 0 Å². The van der Waals surface area contributed by atoms with Gasteiger partial charge in [-0.05, 0) is 134 Å². The normalized spacial score (nSPS) is 11.8. The molecule has 4 nitrogen and oxygen atoms in total. The molecule has 452 valence electrons. The number of hydrogen-bond donors (Lipinski definition) is 2. The highest BCUT2D eigenvalue weighted by atomic mass is 33.1. The Kier molecular flexibility index (Phi) is 71.1. The summed E-state index contributed by atoms with van der Waals surface area (Å²) in [6.07, 6.45) is 24.7. The van der Waals surface area contributed by atoms with E-state index in [4.69, 9.17) is 0 Å². The van der Waals surface area contributed by atoms with E-state index in [0.717, 1.165) is 83.4 Å². The third-order valence-corrected chi connectivity index (χ3v) is 21.3. The fourth-order valence-corrected chi connectivity index (χ4v) is 15.4. The molecule has 2 heterocycles. The highest BCUT2D eigenvalue weighted by Crippen LogP contribution is 2.29. The van der Waals surface area contributed by atoms with E-state index in [9.17, 15) is 19.2 Å². The second-order valence-electron chi connectivity index (χ2n) is 17.7. The lowest BCUT2D eigenvalue weighted by atomic mass is 10.2. The van der Waals surface area contributed by atoms with Crippen LogP contribution < -0.4 is 0 Å². The summed E-state index contributed by atoms with van der Waals surface area (Å²) < 4.78 is 0. The Bertz CT molecular complexity index is 1750. The van der Waals surface area contributed by atoms with Gasteiger partial charge >= 0.3 is 0 Å². The van der Waals surface area contributed by atoms with Crippen molar-refractivity contribution in [2.75, 3.05) is 87.3 Å². The van der Waals surface area contributed by atoms with E-state index in [-0.39, 0.29) is 15.3 Å². The highest BCUT2D eigenvalue weighted by molar-refractivity contribution is 8.77. The van der Waals surface area contributed by atoms with Gasteiger partial charge in [0.1, 0.15) is 6.29 Å². The van der Waals surface area contributed by atoms with Crippen molar-refractivity contribution in [3.05, 3.63) is 144 Å². The van der Waals surface area contributed by atoms with E-state index in [1.165, 1.54) is 163 Å². The first-order chi connectivity index (χ1) is 39.2. The molecule has 0 unspecified atom stereocenters. The van der Waals surface area contributed by atoms with Crippen LogP contribution in [0.5, 0.6) is 0 Å². The van der Waals surface area contributed by atoms with Gasteiger partial charge in [-0.1, -0.05) is 224 Å². The Labute approximate surface area is 542 Å². The van der Waals surface area contributed by atoms with Crippen LogP contribution in [0.15, 0.2) is 121 Å². The Balaban J connectivity index is 0. The third-order valence-electron chi connectivity index (χ3n) is 10.4. The monoisotopic (exact) mass is 1320 g/mol. The molecule has 0 aliphatic carbocycles. The molecule has 2 aliphatic heterocycles. The molecule has 0 atom stereocenters. The fourth-order valence-electron chi connectivity index (χ4n) is 6.07. The Morgan fingerprint density at radius 3 is 1.21 bits per heavy atom. The SMILES string of the molecule is C1CCSCC1.C1CSSC1.CC(=O)SCCCCCC=O.CCCCCS.CCCCS.CSCCCSC.O=C(SCCCSC(=O)c1ccccc1)c1ccccc1.c1ccc(CSCCCSCc2ccccc2)cc1. The number of rotatable bonds is 29. The smallest absolute Gasteiger partial charge is 0.219 e. The van der Waals surface area contributed by atoms with Crippen molar-refractivity contribution in [2.45, 2.75) is 135 Å². The summed E-state index contributed by atoms with van der Waals surface area (Å²) in [6.45, 7) is 5.94. The molecular formula is C64H100O4S12. The number of thiol groups is 2. The number of unbranched alkanes of at least 4 members (excludes halogenated alkanes) is 6. The van der Waals surface area contributed by atoms with E-state index in [1.54, 1.807) is 6.92 Å². The van der Waals surface area contributed by atoms with Gasteiger partial charge in [0.25, 0.3) is 0 Å². The lowest BCUT2D eigenvalue weighted by Gasteiger charge is -2.05. The van der Waals surface area contributed by atoms with Crippen LogP contribution in [0.4, 0.5) is 0 Å². The van der Waals surface area contributed by atoms with Crippen LogP contribution in [0.2, 0.25) is 0 Å². The fraction of sp³-hybridized carbons (Fsp3) is 0.562. The lowest BCUT2D eigenvalue weighted by Crippen LogP contribution is -1.98. The first-order valence-electron chi connectivity index (χ1n) is 28.5. The van der Waals surface area contributed by atoms with Crippen molar-refractivity contribution in [3.63, 3.8) is 0 Å². The zero-order valence-corrected chi connectivity index (χ0v) is 59.1. The predicted octanol–water partition coefficient (Wildman–Crippen LogP) is 21.4. The molecular weight excluding hydrogens is 1220 g/mol. The Hall–Kier alpha value is -0.240. The zero-order chi connectivity index (χ0) is 58.9. The number of hydrogen-bond acceptors (Lipinski definition) is 16. The lowest BCUT2D eigenvalue weighted by molar-refractivity contribution is -0.109. The number of carbonyl (C=O) groups is 4. The average molecular weight is 1320 g/mol. The Morgan fingerprint density at radius 1 is 0.463 bits per heavy atom. The molecule has 0 saturated carbocycles. The minimum Gasteiger partial charge on any atom is -0.303 e. The maximum absolute atomic E-state index is 11.9. The van der Waals surface area contributed by atoms with Crippen molar-refractivity contribution in [3.8, 4) is 0 Å². The minimum absolute atomic E-state index is 0.0926. The molecule has 2 saturated heterocycles. The average Bonchev–Trinajstić information content (AvgIpc) is 4.11. The minimum atomic E-state index is 0.0926. The summed E-state index contributed by atoms with van der Waals surface area (Å²) in [4.78, 5) is 44.0. The van der Waals surface area contributed by atoms with E-state index in [2.05, 4.69) is 124 Å². The molecule has 4 aromatic carbocycles. The van der Waals surface area contributed by atoms with E-state index in [0.29, 0.717) is 6.42 Å². The van der Waals surface area contributed by atoms with Crippen LogP contribution >= 0.6 is 141 Å². The molecule has 4 aromatic rings. The van der Waals surface area contributed by atoms with Crippen LogP contribution in [0.3, 0.4) is 0 Å². The maximum Gasteiger partial charge on any atom is 0.219 e. The van der Waals surface area contributed by atoms with Crippen LogP contribution in [-0.4, -0.2) is 109 Å². The summed E-state index contributed by atoms with van der Waals surface area (Å²) in [5.41, 5.74) is 4.33. The predicted molar refractivity (Wildman–Crippen MR) is 393 cm³/mol. The quantitative estimate of drug-likeness (QED) is 0.0235. The van der Waals surface area contributed by atoms with E-state index >= 15 is 0 Å². The molecule has 16 heteroatoms. The largest absolute Gasteiger partial charge is 0.303 e. The van der Waals surface area contributed by atoms with Crippen molar-refractivity contribution in [1.82, 2.24) is 0 Å². The topological polar surface area (TPSA) is 68.3 Å². The molecule has 2 aliphatic rings. The van der Waals surface area contributed by atoms with Gasteiger partial charge < -0.3 is 4.79 Å². The van der Waals surface area contributed by atoms with Crippen molar-refractivity contribution < 1.29 is 19.2 Å². The van der Waals surface area contributed by atoms with Crippen LogP contribution in [0.25, 0.3) is 0 Å². The molecule has 0 radical (unpaired) electrons. The standard InChI is InChI=1S/C17H16O2S2.C17H20S2.C8H14O2S.C5H12S2.C5H10S.C5H12S.C4H10S.C3H6S2/c18-16(14-8-3-1-4-9-14)20-12-7-13-21-17(19)15-10-5-2-6-11-15;1-3-8-16(9-4-1)14-18-12-7-13-19-15-17-10-5-2-6-11-17;1-8(10)11-7-5-3-2-4-6-9;1-6-4-3-5-7-2;1-2-4-6-5-3-1;1-2-3-4-5-6;1-2-3-4-5;1-2-4-5-3-1/h1-6,8-11H,7,12-13H2;1-6,8-11H,7,12-15H2;6H,2-5,7H2,1H3;3-5H2,1-2H3;1-5H2;6H,2-5H2,1H3;5H,2-4H2,1H3;1-3H2. The van der Waals surface area contributed by atoms with Crippen molar-refractivity contribution in [1.29, 1.82) is 0 Å². The van der Waals surface area contributed by atoms with Gasteiger partial charge in [0, 0.05) is 64.7 Å². The third kappa shape index (κ3) is 62.3. The molecule has 80 heavy (non-hydrogen) atoms. The number of benzene rings is 4. The van der Waals surface area contributed by atoms with Crippen LogP contribution in [0.1, 0.15) is 155 Å². The molecule has 0 spiro atoms. The second-order valence-corrected chi connectivity index (χ2v) is 30.1.